The number of halogens is 1. The third-order valence-corrected chi connectivity index (χ3v) is 10.5. The van der Waals surface area contributed by atoms with E-state index in [0.717, 1.165) is 86.2 Å². The maximum absolute atomic E-state index is 16.8. The number of pyridine rings is 1. The van der Waals surface area contributed by atoms with Gasteiger partial charge in [-0.15, -0.1) is 11.8 Å². The van der Waals surface area contributed by atoms with Crippen molar-refractivity contribution in [1.29, 1.82) is 0 Å². The molecule has 5 aliphatic heterocycles. The predicted molar refractivity (Wildman–Crippen MR) is 165 cm³/mol. The Morgan fingerprint density at radius 1 is 1.14 bits per heavy atom. The highest BCUT2D eigenvalue weighted by Gasteiger charge is 2.43. The summed E-state index contributed by atoms with van der Waals surface area (Å²) in [6, 6.07) is 9.87. The van der Waals surface area contributed by atoms with Gasteiger partial charge in [0.25, 0.3) is 0 Å². The van der Waals surface area contributed by atoms with Crippen molar-refractivity contribution >= 4 is 39.3 Å². The molecule has 9 rings (SSSR count). The summed E-state index contributed by atoms with van der Waals surface area (Å²) in [5.74, 6) is 7.52. The molecule has 0 aliphatic carbocycles. The van der Waals surface area contributed by atoms with Gasteiger partial charge in [-0.05, 0) is 87.4 Å². The number of phenols is 1. The molecule has 214 valence electrons. The minimum Gasteiger partial charge on any atom is -0.508 e. The first kappa shape index (κ1) is 26.2. The molecule has 9 heteroatoms. The second kappa shape index (κ2) is 10.1. The fourth-order valence-electron chi connectivity index (χ4n) is 7.69. The van der Waals surface area contributed by atoms with Crippen molar-refractivity contribution in [3.8, 4) is 28.8 Å². The molecular formula is C33H33FN6OS. The van der Waals surface area contributed by atoms with Crippen LogP contribution in [-0.2, 0) is 0 Å². The van der Waals surface area contributed by atoms with Crippen LogP contribution >= 0.6 is 11.8 Å². The molecule has 2 N–H and O–H groups in total. The number of nitrogens with one attached hydrogen (secondary N) is 1. The Bertz CT molecular complexity index is 1780. The lowest BCUT2D eigenvalue weighted by molar-refractivity contribution is 0.261. The van der Waals surface area contributed by atoms with Crippen LogP contribution in [0.2, 0.25) is 0 Å². The Kier molecular flexibility index (Phi) is 6.29. The zero-order valence-electron chi connectivity index (χ0n) is 23.7. The van der Waals surface area contributed by atoms with Crippen LogP contribution in [0.5, 0.6) is 5.75 Å². The van der Waals surface area contributed by atoms with Crippen molar-refractivity contribution in [3.63, 3.8) is 0 Å². The lowest BCUT2D eigenvalue weighted by Crippen LogP contribution is -2.61. The van der Waals surface area contributed by atoms with E-state index >= 15 is 4.39 Å². The number of aromatic hydroxyl groups is 1. The quantitative estimate of drug-likeness (QED) is 0.249. The van der Waals surface area contributed by atoms with Crippen molar-refractivity contribution in [2.75, 3.05) is 37.3 Å². The normalized spacial score (nSPS) is 23.0. The second-order valence-corrected chi connectivity index (χ2v) is 12.9. The van der Waals surface area contributed by atoms with Gasteiger partial charge in [-0.25, -0.2) is 14.4 Å². The van der Waals surface area contributed by atoms with Crippen molar-refractivity contribution in [1.82, 2.24) is 25.2 Å². The minimum atomic E-state index is -0.510. The Labute approximate surface area is 248 Å². The first-order chi connectivity index (χ1) is 20.5. The lowest BCUT2D eigenvalue weighted by atomic mass is 9.92. The maximum atomic E-state index is 16.8. The van der Waals surface area contributed by atoms with E-state index in [9.17, 15) is 5.11 Å². The Morgan fingerprint density at radius 2 is 2.00 bits per heavy atom. The van der Waals surface area contributed by atoms with Crippen LogP contribution in [-0.4, -0.2) is 75.0 Å². The first-order valence-corrected chi connectivity index (χ1v) is 16.2. The molecular weight excluding hydrogens is 547 g/mol. The molecule has 42 heavy (non-hydrogen) atoms. The molecule has 7 nitrogen and oxygen atoms in total. The summed E-state index contributed by atoms with van der Waals surface area (Å²) in [5.41, 5.74) is 0.846. The topological polar surface area (TPSA) is 77.4 Å². The number of aromatic nitrogens is 3. The average Bonchev–Trinajstić information content (AvgIpc) is 3.60. The summed E-state index contributed by atoms with van der Waals surface area (Å²) in [6.07, 6.45) is 10.3. The number of thioether (sulfide) groups is 1. The minimum absolute atomic E-state index is 0.0701. The summed E-state index contributed by atoms with van der Waals surface area (Å²) in [6.45, 7) is 3.87. The summed E-state index contributed by atoms with van der Waals surface area (Å²) >= 11 is 1.59. The van der Waals surface area contributed by atoms with Gasteiger partial charge in [0.05, 0.1) is 10.9 Å². The van der Waals surface area contributed by atoms with Crippen molar-refractivity contribution < 1.29 is 9.50 Å². The summed E-state index contributed by atoms with van der Waals surface area (Å²) in [7, 11) is 0. The van der Waals surface area contributed by atoms with Crippen LogP contribution in [0.15, 0.2) is 41.4 Å². The number of piperidine rings is 2. The van der Waals surface area contributed by atoms with Gasteiger partial charge in [-0.2, -0.15) is 0 Å². The van der Waals surface area contributed by atoms with Crippen molar-refractivity contribution in [2.24, 2.45) is 0 Å². The Hall–Kier alpha value is -3.45. The molecule has 7 heterocycles. The number of benzene rings is 2. The van der Waals surface area contributed by atoms with Crippen LogP contribution in [0.3, 0.4) is 0 Å². The number of hydrogen-bond acceptors (Lipinski definition) is 8. The van der Waals surface area contributed by atoms with Crippen LogP contribution in [0, 0.1) is 17.7 Å². The molecule has 2 aromatic heterocycles. The lowest BCUT2D eigenvalue weighted by Gasteiger charge is -2.46. The van der Waals surface area contributed by atoms with Crippen LogP contribution in [0.25, 0.3) is 32.9 Å². The van der Waals surface area contributed by atoms with E-state index in [0.29, 0.717) is 22.8 Å². The van der Waals surface area contributed by atoms with Gasteiger partial charge >= 0.3 is 0 Å². The molecule has 2 atom stereocenters. The van der Waals surface area contributed by atoms with E-state index < -0.39 is 5.82 Å². The highest BCUT2D eigenvalue weighted by Crippen LogP contribution is 2.41. The van der Waals surface area contributed by atoms with Gasteiger partial charge in [0.15, 0.2) is 5.82 Å². The number of anilines is 1. The van der Waals surface area contributed by atoms with E-state index in [2.05, 4.69) is 31.9 Å². The molecule has 5 saturated heterocycles. The average molecular weight is 581 g/mol. The highest BCUT2D eigenvalue weighted by atomic mass is 32.2. The van der Waals surface area contributed by atoms with Crippen molar-refractivity contribution in [2.45, 2.75) is 61.0 Å². The second-order valence-electron chi connectivity index (χ2n) is 12.1. The van der Waals surface area contributed by atoms with Crippen LogP contribution in [0.4, 0.5) is 10.2 Å². The summed E-state index contributed by atoms with van der Waals surface area (Å²) in [5, 5.41) is 16.5. The zero-order chi connectivity index (χ0) is 28.4. The number of nitrogens with zero attached hydrogens (tertiary/aromatic N) is 5. The molecule has 2 aromatic carbocycles. The van der Waals surface area contributed by atoms with E-state index in [1.54, 1.807) is 30.1 Å². The smallest absolute Gasteiger partial charge is 0.207 e. The van der Waals surface area contributed by atoms with Crippen molar-refractivity contribution in [3.05, 3.63) is 48.2 Å². The molecule has 0 amide bonds. The number of hydrogen-bond donors (Lipinski definition) is 2. The summed E-state index contributed by atoms with van der Waals surface area (Å²) < 4.78 is 16.8. The number of piperazine rings is 1. The highest BCUT2D eigenvalue weighted by molar-refractivity contribution is 7.98. The van der Waals surface area contributed by atoms with E-state index in [1.807, 2.05) is 24.5 Å². The molecule has 4 aromatic rings. The molecule has 5 fully saturated rings. The number of rotatable bonds is 3. The largest absolute Gasteiger partial charge is 0.508 e. The van der Waals surface area contributed by atoms with Gasteiger partial charge in [0, 0.05) is 47.2 Å². The third kappa shape index (κ3) is 4.15. The molecule has 0 saturated carbocycles. The molecule has 0 spiro atoms. The van der Waals surface area contributed by atoms with Crippen LogP contribution in [0.1, 0.15) is 44.3 Å². The molecule has 0 radical (unpaired) electrons. The van der Waals surface area contributed by atoms with Gasteiger partial charge < -0.3 is 15.3 Å². The Balaban J connectivity index is 1.33. The summed E-state index contributed by atoms with van der Waals surface area (Å²) in [4.78, 5) is 20.2. The first-order valence-electron chi connectivity index (χ1n) is 15.0. The van der Waals surface area contributed by atoms with E-state index in [1.165, 1.54) is 0 Å². The standard InChI is InChI=1S/C33H33FN6OS/c1-42-26-6-2-5-20-15-23(41)16-24(28(20)26)30-29(34)31-25(18-36-30)32(40-19-21-7-8-22(40)17-35-21)38-27(37-31)9-12-33-10-3-13-39(33)14-4-11-33/h2,5-6,15-16,18,21-22,35,41H,3-4,7-8,10-11,13-14,17,19H2,1H3/t21-,22-/m1/s1. The van der Waals surface area contributed by atoms with Crippen LogP contribution < -0.4 is 10.2 Å². The monoisotopic (exact) mass is 580 g/mol. The van der Waals surface area contributed by atoms with Gasteiger partial charge in [-0.1, -0.05) is 18.1 Å². The van der Waals surface area contributed by atoms with E-state index in [4.69, 9.17) is 9.97 Å². The Morgan fingerprint density at radius 3 is 2.74 bits per heavy atom. The fourth-order valence-corrected chi connectivity index (χ4v) is 8.34. The fraction of sp³-hybridized carbons (Fsp3) is 0.424. The SMILES string of the molecule is CSc1cccc2cc(O)cc(-c3ncc4c(N5C[C@H]6CC[C@@H]5CN6)nc(C#CC56CCCN5CCC6)nc4c3F)c12. The predicted octanol–water partition coefficient (Wildman–Crippen LogP) is 5.33. The van der Waals surface area contributed by atoms with Gasteiger partial charge in [0.1, 0.15) is 22.8 Å². The van der Waals surface area contributed by atoms with Gasteiger partial charge in [-0.3, -0.25) is 9.88 Å². The zero-order valence-corrected chi connectivity index (χ0v) is 24.5. The molecule has 5 aliphatic rings. The van der Waals surface area contributed by atoms with Gasteiger partial charge in [0.2, 0.25) is 5.82 Å². The maximum Gasteiger partial charge on any atom is 0.207 e. The third-order valence-electron chi connectivity index (χ3n) is 9.73. The van der Waals surface area contributed by atoms with E-state index in [-0.39, 0.29) is 28.5 Å². The molecule has 2 bridgehead atoms. The number of fused-ring (bicyclic) bond motifs is 6. The number of phenolic OH excluding ortho intramolecular Hbond substituents is 1. The molecule has 0 unspecified atom stereocenters.